The van der Waals surface area contributed by atoms with Crippen LogP contribution >= 0.6 is 0 Å². The smallest absolute Gasteiger partial charge is 0.148 e. The number of hydrogen-bond donors (Lipinski definition) is 0. The molecule has 0 saturated heterocycles. The summed E-state index contributed by atoms with van der Waals surface area (Å²) in [4.78, 5) is 0. The van der Waals surface area contributed by atoms with Gasteiger partial charge in [-0.25, -0.2) is 0 Å². The van der Waals surface area contributed by atoms with Crippen molar-refractivity contribution in [2.45, 2.75) is 27.7 Å². The maximum atomic E-state index is 5.73. The molecule has 0 aromatic carbocycles. The monoisotopic (exact) mass is 227 g/mol. The SMILES string of the molecule is C#C[CH]C#CCOC1=CC=CC(C)(C)C1(C)C. The van der Waals surface area contributed by atoms with Gasteiger partial charge in [-0.2, -0.15) is 0 Å². The highest BCUT2D eigenvalue weighted by Gasteiger charge is 2.40. The molecule has 89 valence electrons. The second-order valence-corrected chi connectivity index (χ2v) is 5.16. The number of ether oxygens (including phenoxy) is 1. The third kappa shape index (κ3) is 2.95. The summed E-state index contributed by atoms with van der Waals surface area (Å²) in [6.07, 6.45) is 12.8. The zero-order chi connectivity index (χ0) is 12.9. The summed E-state index contributed by atoms with van der Waals surface area (Å²) in [6.45, 7) is 9.15. The molecule has 0 aliphatic heterocycles. The van der Waals surface area contributed by atoms with Gasteiger partial charge in [-0.3, -0.25) is 0 Å². The normalized spacial score (nSPS) is 19.6. The van der Waals surface area contributed by atoms with Gasteiger partial charge in [0.1, 0.15) is 18.8 Å². The van der Waals surface area contributed by atoms with Crippen molar-refractivity contribution in [1.29, 1.82) is 0 Å². The second kappa shape index (κ2) is 5.15. The third-order valence-electron chi connectivity index (χ3n) is 3.54. The molecule has 0 aromatic heterocycles. The van der Waals surface area contributed by atoms with E-state index in [-0.39, 0.29) is 10.8 Å². The van der Waals surface area contributed by atoms with Gasteiger partial charge in [-0.05, 0) is 11.5 Å². The maximum Gasteiger partial charge on any atom is 0.148 e. The fourth-order valence-electron chi connectivity index (χ4n) is 1.59. The minimum Gasteiger partial charge on any atom is -0.485 e. The molecule has 17 heavy (non-hydrogen) atoms. The third-order valence-corrected chi connectivity index (χ3v) is 3.54. The molecule has 0 saturated carbocycles. The Balaban J connectivity index is 2.67. The van der Waals surface area contributed by atoms with Crippen molar-refractivity contribution in [2.24, 2.45) is 10.8 Å². The maximum absolute atomic E-state index is 5.73. The lowest BCUT2D eigenvalue weighted by atomic mass is 9.64. The summed E-state index contributed by atoms with van der Waals surface area (Å²) in [6, 6.07) is 0. The molecular weight excluding hydrogens is 208 g/mol. The predicted octanol–water partition coefficient (Wildman–Crippen LogP) is 3.35. The summed E-state index contributed by atoms with van der Waals surface area (Å²) < 4.78 is 5.73. The molecule has 0 N–H and O–H groups in total. The minimum atomic E-state index is -0.0285. The van der Waals surface area contributed by atoms with Crippen molar-refractivity contribution in [1.82, 2.24) is 0 Å². The Hall–Kier alpha value is -1.60. The molecule has 1 aliphatic carbocycles. The van der Waals surface area contributed by atoms with Crippen LogP contribution in [0.1, 0.15) is 27.7 Å². The van der Waals surface area contributed by atoms with Crippen molar-refractivity contribution in [2.75, 3.05) is 6.61 Å². The molecule has 0 atom stereocenters. The van der Waals surface area contributed by atoms with Crippen molar-refractivity contribution in [3.8, 4) is 24.2 Å². The summed E-state index contributed by atoms with van der Waals surface area (Å²) in [5.41, 5.74) is 0.0503. The van der Waals surface area contributed by atoms with Gasteiger partial charge in [-0.15, -0.1) is 6.42 Å². The van der Waals surface area contributed by atoms with Gasteiger partial charge >= 0.3 is 0 Å². The minimum absolute atomic E-state index is 0.0285. The quantitative estimate of drug-likeness (QED) is 0.657. The largest absolute Gasteiger partial charge is 0.485 e. The Morgan fingerprint density at radius 3 is 2.71 bits per heavy atom. The molecule has 0 bridgehead atoms. The van der Waals surface area contributed by atoms with Crippen molar-refractivity contribution in [3.05, 3.63) is 30.4 Å². The van der Waals surface area contributed by atoms with Crippen LogP contribution in [0, 0.1) is 41.4 Å². The second-order valence-electron chi connectivity index (χ2n) is 5.16. The molecule has 0 heterocycles. The fraction of sp³-hybridized carbons (Fsp3) is 0.438. The Labute approximate surface area is 105 Å². The van der Waals surface area contributed by atoms with Gasteiger partial charge in [0.25, 0.3) is 0 Å². The lowest BCUT2D eigenvalue weighted by Gasteiger charge is -2.42. The van der Waals surface area contributed by atoms with Crippen LogP contribution in [-0.2, 0) is 4.74 Å². The average molecular weight is 227 g/mol. The van der Waals surface area contributed by atoms with E-state index < -0.39 is 0 Å². The Kier molecular flexibility index (Phi) is 4.08. The topological polar surface area (TPSA) is 9.23 Å². The molecule has 1 heteroatoms. The van der Waals surface area contributed by atoms with Gasteiger partial charge in [0, 0.05) is 5.41 Å². The summed E-state index contributed by atoms with van der Waals surface area (Å²) in [5.74, 6) is 8.93. The van der Waals surface area contributed by atoms with E-state index in [1.807, 2.05) is 12.2 Å². The number of hydrogen-bond acceptors (Lipinski definition) is 1. The highest BCUT2D eigenvalue weighted by molar-refractivity contribution is 5.27. The van der Waals surface area contributed by atoms with Crippen molar-refractivity contribution >= 4 is 0 Å². The molecule has 0 fully saturated rings. The molecule has 1 nitrogen and oxygen atoms in total. The van der Waals surface area contributed by atoms with Crippen LogP contribution in [-0.4, -0.2) is 6.61 Å². The molecule has 0 amide bonds. The number of terminal acetylenes is 1. The van der Waals surface area contributed by atoms with Crippen LogP contribution in [0.15, 0.2) is 24.0 Å². The van der Waals surface area contributed by atoms with Gasteiger partial charge in [0.2, 0.25) is 0 Å². The highest BCUT2D eigenvalue weighted by atomic mass is 16.5. The standard InChI is InChI=1S/C16H19O/c1-6-7-8-9-13-17-14-11-10-12-15(2,3)16(14,4)5/h1,7,10-12H,13H2,2-5H3. The lowest BCUT2D eigenvalue weighted by molar-refractivity contribution is 0.0950. The average Bonchev–Trinajstić information content (AvgIpc) is 2.24. The van der Waals surface area contributed by atoms with E-state index in [1.54, 1.807) is 0 Å². The van der Waals surface area contributed by atoms with E-state index >= 15 is 0 Å². The van der Waals surface area contributed by atoms with Gasteiger partial charge < -0.3 is 4.74 Å². The van der Waals surface area contributed by atoms with Crippen LogP contribution in [0.25, 0.3) is 0 Å². The molecule has 0 spiro atoms. The summed E-state index contributed by atoms with van der Waals surface area (Å²) in [5, 5.41) is 0. The molecule has 1 radical (unpaired) electrons. The highest BCUT2D eigenvalue weighted by Crippen LogP contribution is 2.47. The fourth-order valence-corrected chi connectivity index (χ4v) is 1.59. The lowest BCUT2D eigenvalue weighted by Crippen LogP contribution is -2.35. The Morgan fingerprint density at radius 1 is 1.35 bits per heavy atom. The summed E-state index contributed by atoms with van der Waals surface area (Å²) >= 11 is 0. The van der Waals surface area contributed by atoms with Gasteiger partial charge in [0.05, 0.1) is 0 Å². The zero-order valence-corrected chi connectivity index (χ0v) is 11.0. The first-order chi connectivity index (χ1) is 7.92. The number of rotatable bonds is 2. The first-order valence-electron chi connectivity index (χ1n) is 5.71. The molecule has 0 unspecified atom stereocenters. The van der Waals surface area contributed by atoms with E-state index in [4.69, 9.17) is 11.2 Å². The van der Waals surface area contributed by atoms with E-state index in [0.29, 0.717) is 6.61 Å². The molecule has 1 aliphatic rings. The van der Waals surface area contributed by atoms with Crippen LogP contribution in [0.3, 0.4) is 0 Å². The first kappa shape index (κ1) is 13.5. The van der Waals surface area contributed by atoms with Crippen molar-refractivity contribution < 1.29 is 4.74 Å². The Bertz CT molecular complexity index is 430. The van der Waals surface area contributed by atoms with E-state index in [1.165, 1.54) is 6.42 Å². The van der Waals surface area contributed by atoms with Crippen LogP contribution in [0.4, 0.5) is 0 Å². The van der Waals surface area contributed by atoms with Gasteiger partial charge in [-0.1, -0.05) is 57.6 Å². The van der Waals surface area contributed by atoms with E-state index in [9.17, 15) is 0 Å². The van der Waals surface area contributed by atoms with Crippen LogP contribution in [0.5, 0.6) is 0 Å². The molecule has 1 rings (SSSR count). The van der Waals surface area contributed by atoms with Crippen LogP contribution in [0.2, 0.25) is 0 Å². The molecule has 0 aromatic rings. The Morgan fingerprint density at radius 2 is 2.06 bits per heavy atom. The number of allylic oxidation sites excluding steroid dienone is 4. The van der Waals surface area contributed by atoms with Gasteiger partial charge in [0.15, 0.2) is 0 Å². The predicted molar refractivity (Wildman–Crippen MR) is 71.6 cm³/mol. The van der Waals surface area contributed by atoms with E-state index in [0.717, 1.165) is 5.76 Å². The first-order valence-corrected chi connectivity index (χ1v) is 5.71. The van der Waals surface area contributed by atoms with E-state index in [2.05, 4.69) is 51.5 Å². The van der Waals surface area contributed by atoms with Crippen LogP contribution < -0.4 is 0 Å². The summed E-state index contributed by atoms with van der Waals surface area (Å²) in [7, 11) is 0. The van der Waals surface area contributed by atoms with Crippen molar-refractivity contribution in [3.63, 3.8) is 0 Å². The molecular formula is C16H19O. The zero-order valence-electron chi connectivity index (χ0n) is 11.0.